The van der Waals surface area contributed by atoms with Crippen LogP contribution < -0.4 is 5.73 Å². The van der Waals surface area contributed by atoms with Crippen LogP contribution >= 0.6 is 15.9 Å². The molecule has 0 saturated heterocycles. The first-order valence-corrected chi connectivity index (χ1v) is 6.84. The number of nitrogens with zero attached hydrogens (tertiary/aromatic N) is 1. The molecule has 2 aromatic rings. The van der Waals surface area contributed by atoms with Crippen LogP contribution in [0.5, 0.6) is 5.75 Å². The lowest BCUT2D eigenvalue weighted by molar-refractivity contribution is 0.0785. The number of halogens is 1. The average Bonchev–Trinajstić information content (AvgIpc) is 2.36. The standard InChI is InChI=1S/C15H15BrN2O2/c1-18(9-10-3-2-4-14(19)5-10)15(20)11-6-12(16)8-13(17)7-11/h2-8,19H,9,17H2,1H3. The Morgan fingerprint density at radius 1 is 1.30 bits per heavy atom. The summed E-state index contributed by atoms with van der Waals surface area (Å²) in [5.74, 6) is 0.0661. The summed E-state index contributed by atoms with van der Waals surface area (Å²) in [6, 6.07) is 12.0. The molecule has 0 spiro atoms. The highest BCUT2D eigenvalue weighted by Crippen LogP contribution is 2.19. The van der Waals surface area contributed by atoms with E-state index in [1.165, 1.54) is 0 Å². The summed E-state index contributed by atoms with van der Waals surface area (Å²) in [6.07, 6.45) is 0. The van der Waals surface area contributed by atoms with Crippen molar-refractivity contribution in [3.8, 4) is 5.75 Å². The second-order valence-electron chi connectivity index (χ2n) is 4.60. The first kappa shape index (κ1) is 14.4. The van der Waals surface area contributed by atoms with Crippen molar-refractivity contribution in [1.29, 1.82) is 0 Å². The van der Waals surface area contributed by atoms with E-state index in [1.54, 1.807) is 48.3 Å². The lowest BCUT2D eigenvalue weighted by Crippen LogP contribution is -2.26. The van der Waals surface area contributed by atoms with Crippen molar-refractivity contribution in [2.24, 2.45) is 0 Å². The summed E-state index contributed by atoms with van der Waals surface area (Å²) in [6.45, 7) is 0.416. The van der Waals surface area contributed by atoms with Crippen LogP contribution in [0.2, 0.25) is 0 Å². The molecule has 2 aromatic carbocycles. The van der Waals surface area contributed by atoms with Crippen LogP contribution in [0.15, 0.2) is 46.9 Å². The molecule has 3 N–H and O–H groups in total. The molecule has 0 saturated carbocycles. The van der Waals surface area contributed by atoms with E-state index in [2.05, 4.69) is 15.9 Å². The number of carbonyl (C=O) groups excluding carboxylic acids is 1. The number of rotatable bonds is 3. The molecule has 0 heterocycles. The molecule has 0 bridgehead atoms. The predicted molar refractivity (Wildman–Crippen MR) is 82.5 cm³/mol. The molecule has 104 valence electrons. The van der Waals surface area contributed by atoms with Gasteiger partial charge in [-0.3, -0.25) is 4.79 Å². The summed E-state index contributed by atoms with van der Waals surface area (Å²) in [7, 11) is 1.71. The number of aromatic hydroxyl groups is 1. The fourth-order valence-corrected chi connectivity index (χ4v) is 2.47. The fraction of sp³-hybridized carbons (Fsp3) is 0.133. The van der Waals surface area contributed by atoms with E-state index in [4.69, 9.17) is 5.73 Å². The van der Waals surface area contributed by atoms with Crippen LogP contribution in [0.4, 0.5) is 5.69 Å². The van der Waals surface area contributed by atoms with Gasteiger partial charge in [0, 0.05) is 29.3 Å². The lowest BCUT2D eigenvalue weighted by Gasteiger charge is -2.18. The summed E-state index contributed by atoms with van der Waals surface area (Å²) in [5.41, 5.74) is 7.66. The predicted octanol–water partition coefficient (Wildman–Crippen LogP) is 3.01. The van der Waals surface area contributed by atoms with Crippen molar-refractivity contribution < 1.29 is 9.90 Å². The van der Waals surface area contributed by atoms with E-state index < -0.39 is 0 Å². The van der Waals surface area contributed by atoms with E-state index in [-0.39, 0.29) is 11.7 Å². The second-order valence-corrected chi connectivity index (χ2v) is 5.52. The monoisotopic (exact) mass is 334 g/mol. The zero-order valence-electron chi connectivity index (χ0n) is 11.0. The highest BCUT2D eigenvalue weighted by atomic mass is 79.9. The average molecular weight is 335 g/mol. The Morgan fingerprint density at radius 2 is 2.05 bits per heavy atom. The number of anilines is 1. The van der Waals surface area contributed by atoms with Crippen LogP contribution in [0.1, 0.15) is 15.9 Å². The lowest BCUT2D eigenvalue weighted by atomic mass is 10.1. The summed E-state index contributed by atoms with van der Waals surface area (Å²) in [5, 5.41) is 9.43. The number of hydrogen-bond donors (Lipinski definition) is 2. The number of nitrogen functional groups attached to an aromatic ring is 1. The summed E-state index contributed by atoms with van der Waals surface area (Å²) >= 11 is 3.32. The first-order valence-electron chi connectivity index (χ1n) is 6.05. The van der Waals surface area contributed by atoms with Gasteiger partial charge in [0.05, 0.1) is 0 Å². The number of phenolic OH excluding ortho intramolecular Hbond substituents is 1. The van der Waals surface area contributed by atoms with Crippen molar-refractivity contribution in [2.45, 2.75) is 6.54 Å². The largest absolute Gasteiger partial charge is 0.508 e. The first-order chi connectivity index (χ1) is 9.45. The van der Waals surface area contributed by atoms with Gasteiger partial charge in [-0.05, 0) is 35.9 Å². The van der Waals surface area contributed by atoms with Gasteiger partial charge < -0.3 is 15.7 Å². The van der Waals surface area contributed by atoms with E-state index in [0.29, 0.717) is 17.8 Å². The van der Waals surface area contributed by atoms with Crippen LogP contribution in [0.3, 0.4) is 0 Å². The fourth-order valence-electron chi connectivity index (χ4n) is 1.96. The van der Waals surface area contributed by atoms with Crippen molar-refractivity contribution in [3.05, 3.63) is 58.1 Å². The molecule has 0 fully saturated rings. The smallest absolute Gasteiger partial charge is 0.254 e. The minimum atomic E-state index is -0.124. The van der Waals surface area contributed by atoms with Crippen molar-refractivity contribution >= 4 is 27.5 Å². The van der Waals surface area contributed by atoms with E-state index in [1.807, 2.05) is 6.07 Å². The maximum Gasteiger partial charge on any atom is 0.254 e. The summed E-state index contributed by atoms with van der Waals surface area (Å²) < 4.78 is 0.770. The zero-order chi connectivity index (χ0) is 14.7. The van der Waals surface area contributed by atoms with Crippen LogP contribution in [0.25, 0.3) is 0 Å². The number of nitrogens with two attached hydrogens (primary N) is 1. The maximum absolute atomic E-state index is 12.3. The van der Waals surface area contributed by atoms with Crippen LogP contribution in [0, 0.1) is 0 Å². The quantitative estimate of drug-likeness (QED) is 0.848. The molecule has 0 aromatic heterocycles. The van der Waals surface area contributed by atoms with Gasteiger partial charge in [0.25, 0.3) is 5.91 Å². The Hall–Kier alpha value is -2.01. The molecule has 0 atom stereocenters. The third-order valence-electron chi connectivity index (χ3n) is 2.84. The SMILES string of the molecule is CN(Cc1cccc(O)c1)C(=O)c1cc(N)cc(Br)c1. The molecule has 2 rings (SSSR count). The highest BCUT2D eigenvalue weighted by Gasteiger charge is 2.13. The van der Waals surface area contributed by atoms with E-state index >= 15 is 0 Å². The Bertz CT molecular complexity index is 623. The van der Waals surface area contributed by atoms with Gasteiger partial charge in [-0.15, -0.1) is 0 Å². The molecule has 4 nitrogen and oxygen atoms in total. The molecule has 0 aliphatic rings. The van der Waals surface area contributed by atoms with Gasteiger partial charge in [-0.1, -0.05) is 28.1 Å². The Kier molecular flexibility index (Phi) is 4.29. The molecule has 20 heavy (non-hydrogen) atoms. The Morgan fingerprint density at radius 3 is 2.70 bits per heavy atom. The number of benzene rings is 2. The molecule has 0 aliphatic carbocycles. The zero-order valence-corrected chi connectivity index (χ0v) is 12.6. The minimum Gasteiger partial charge on any atom is -0.508 e. The second kappa shape index (κ2) is 5.96. The van der Waals surface area contributed by atoms with E-state index in [9.17, 15) is 9.90 Å². The van der Waals surface area contributed by atoms with Crippen molar-refractivity contribution in [3.63, 3.8) is 0 Å². The van der Waals surface area contributed by atoms with Crippen molar-refractivity contribution in [2.75, 3.05) is 12.8 Å². The van der Waals surface area contributed by atoms with Crippen molar-refractivity contribution in [1.82, 2.24) is 4.90 Å². The molecule has 0 radical (unpaired) electrons. The Balaban J connectivity index is 2.16. The molecule has 1 amide bonds. The molecule has 0 aliphatic heterocycles. The summed E-state index contributed by atoms with van der Waals surface area (Å²) in [4.78, 5) is 13.9. The molecular formula is C15H15BrN2O2. The molecule has 5 heteroatoms. The minimum absolute atomic E-state index is 0.124. The maximum atomic E-state index is 12.3. The Labute approximate surface area is 126 Å². The van der Waals surface area contributed by atoms with E-state index in [0.717, 1.165) is 10.0 Å². The van der Waals surface area contributed by atoms with Gasteiger partial charge in [-0.25, -0.2) is 0 Å². The third-order valence-corrected chi connectivity index (χ3v) is 3.30. The number of phenols is 1. The van der Waals surface area contributed by atoms with Gasteiger partial charge in [0.2, 0.25) is 0 Å². The highest BCUT2D eigenvalue weighted by molar-refractivity contribution is 9.10. The van der Waals surface area contributed by atoms with Crippen LogP contribution in [-0.4, -0.2) is 23.0 Å². The topological polar surface area (TPSA) is 66.6 Å². The number of hydrogen-bond acceptors (Lipinski definition) is 3. The third kappa shape index (κ3) is 3.51. The van der Waals surface area contributed by atoms with Gasteiger partial charge in [0.1, 0.15) is 5.75 Å². The van der Waals surface area contributed by atoms with Gasteiger partial charge in [0.15, 0.2) is 0 Å². The van der Waals surface area contributed by atoms with Crippen LogP contribution in [-0.2, 0) is 6.54 Å². The number of amides is 1. The molecule has 0 unspecified atom stereocenters. The van der Waals surface area contributed by atoms with Gasteiger partial charge in [-0.2, -0.15) is 0 Å². The molecular weight excluding hydrogens is 320 g/mol. The number of carbonyl (C=O) groups is 1. The normalized spacial score (nSPS) is 10.3. The van der Waals surface area contributed by atoms with Gasteiger partial charge >= 0.3 is 0 Å².